The molecular weight excluding hydrogens is 206 g/mol. The zero-order chi connectivity index (χ0) is 14.0. The van der Waals surface area contributed by atoms with E-state index in [0.29, 0.717) is 23.7 Å². The molecule has 1 heteroatoms. The van der Waals surface area contributed by atoms with Crippen LogP contribution in [-0.2, 0) is 0 Å². The third-order valence-corrected chi connectivity index (χ3v) is 5.34. The Labute approximate surface area is 110 Å². The SMILES string of the molecule is CC(C)C(C)(NC(C)(C(C)C)C(C)C)C(C)C. The van der Waals surface area contributed by atoms with Crippen molar-refractivity contribution in [2.75, 3.05) is 0 Å². The summed E-state index contributed by atoms with van der Waals surface area (Å²) in [6.07, 6.45) is 0. The van der Waals surface area contributed by atoms with E-state index in [1.807, 2.05) is 0 Å². The van der Waals surface area contributed by atoms with Gasteiger partial charge in [0.2, 0.25) is 0 Å². The van der Waals surface area contributed by atoms with Crippen molar-refractivity contribution in [2.24, 2.45) is 23.7 Å². The minimum Gasteiger partial charge on any atom is -0.305 e. The molecule has 0 heterocycles. The first-order valence-electron chi connectivity index (χ1n) is 7.27. The highest BCUT2D eigenvalue weighted by Gasteiger charge is 2.41. The first-order valence-corrected chi connectivity index (χ1v) is 7.27. The number of nitrogens with one attached hydrogen (secondary N) is 1. The first-order chi connectivity index (χ1) is 7.48. The van der Waals surface area contributed by atoms with Gasteiger partial charge in [-0.15, -0.1) is 0 Å². The number of hydrogen-bond acceptors (Lipinski definition) is 1. The van der Waals surface area contributed by atoms with Crippen LogP contribution < -0.4 is 5.32 Å². The first kappa shape index (κ1) is 17.0. The average molecular weight is 241 g/mol. The summed E-state index contributed by atoms with van der Waals surface area (Å²) in [4.78, 5) is 0. The van der Waals surface area contributed by atoms with Crippen LogP contribution in [0.25, 0.3) is 0 Å². The van der Waals surface area contributed by atoms with Gasteiger partial charge in [-0.25, -0.2) is 0 Å². The summed E-state index contributed by atoms with van der Waals surface area (Å²) in [5, 5.41) is 4.00. The van der Waals surface area contributed by atoms with Crippen molar-refractivity contribution in [3.63, 3.8) is 0 Å². The average Bonchev–Trinajstić information content (AvgIpc) is 2.15. The lowest BCUT2D eigenvalue weighted by Crippen LogP contribution is -2.64. The molecule has 0 aliphatic carbocycles. The summed E-state index contributed by atoms with van der Waals surface area (Å²) in [6, 6.07) is 0. The van der Waals surface area contributed by atoms with Gasteiger partial charge in [-0.2, -0.15) is 0 Å². The van der Waals surface area contributed by atoms with Crippen LogP contribution in [-0.4, -0.2) is 11.1 Å². The van der Waals surface area contributed by atoms with Crippen molar-refractivity contribution < 1.29 is 0 Å². The van der Waals surface area contributed by atoms with Gasteiger partial charge in [0.25, 0.3) is 0 Å². The molecule has 0 atom stereocenters. The fraction of sp³-hybridized carbons (Fsp3) is 1.00. The van der Waals surface area contributed by atoms with Gasteiger partial charge in [0.15, 0.2) is 0 Å². The molecule has 0 aromatic heterocycles. The minimum absolute atomic E-state index is 0.198. The van der Waals surface area contributed by atoms with E-state index in [9.17, 15) is 0 Å². The molecule has 0 saturated heterocycles. The maximum Gasteiger partial charge on any atom is 0.0204 e. The van der Waals surface area contributed by atoms with Crippen LogP contribution in [0.2, 0.25) is 0 Å². The van der Waals surface area contributed by atoms with E-state index < -0.39 is 0 Å². The smallest absolute Gasteiger partial charge is 0.0204 e. The van der Waals surface area contributed by atoms with Gasteiger partial charge < -0.3 is 5.32 Å². The molecule has 1 nitrogen and oxygen atoms in total. The van der Waals surface area contributed by atoms with Crippen LogP contribution in [0.15, 0.2) is 0 Å². The monoisotopic (exact) mass is 241 g/mol. The molecule has 0 bridgehead atoms. The summed E-state index contributed by atoms with van der Waals surface area (Å²) in [5.41, 5.74) is 0.395. The third-order valence-electron chi connectivity index (χ3n) is 5.34. The van der Waals surface area contributed by atoms with Crippen molar-refractivity contribution in [3.05, 3.63) is 0 Å². The van der Waals surface area contributed by atoms with E-state index in [4.69, 9.17) is 0 Å². The lowest BCUT2D eigenvalue weighted by atomic mass is 9.71. The standard InChI is InChI=1S/C16H35N/c1-11(2)15(9,12(3)4)17-16(10,13(5)6)14(7)8/h11-14,17H,1-10H3. The molecule has 0 aromatic carbocycles. The van der Waals surface area contributed by atoms with Gasteiger partial charge in [-0.1, -0.05) is 55.4 Å². The molecule has 0 aliphatic rings. The summed E-state index contributed by atoms with van der Waals surface area (Å²) in [6.45, 7) is 23.4. The van der Waals surface area contributed by atoms with Crippen LogP contribution in [0, 0.1) is 23.7 Å². The number of hydrogen-bond donors (Lipinski definition) is 1. The van der Waals surface area contributed by atoms with Crippen molar-refractivity contribution >= 4 is 0 Å². The van der Waals surface area contributed by atoms with Crippen LogP contribution in [0.5, 0.6) is 0 Å². The van der Waals surface area contributed by atoms with Gasteiger partial charge >= 0.3 is 0 Å². The van der Waals surface area contributed by atoms with E-state index in [0.717, 1.165) is 0 Å². The molecule has 1 N–H and O–H groups in total. The predicted octanol–water partition coefficient (Wildman–Crippen LogP) is 4.72. The molecule has 0 radical (unpaired) electrons. The number of rotatable bonds is 6. The van der Waals surface area contributed by atoms with Gasteiger partial charge in [0.1, 0.15) is 0 Å². The Bertz CT molecular complexity index is 186. The zero-order valence-corrected chi connectivity index (χ0v) is 13.8. The normalized spacial score (nSPS) is 14.5. The Balaban J connectivity index is 5.22. The molecular formula is C16H35N. The molecule has 0 amide bonds. The predicted molar refractivity (Wildman–Crippen MR) is 79.3 cm³/mol. The van der Waals surface area contributed by atoms with Crippen molar-refractivity contribution in [1.82, 2.24) is 5.32 Å². The van der Waals surface area contributed by atoms with Crippen molar-refractivity contribution in [2.45, 2.75) is 80.3 Å². The maximum absolute atomic E-state index is 4.00. The molecule has 0 rings (SSSR count). The summed E-state index contributed by atoms with van der Waals surface area (Å²) >= 11 is 0. The second kappa shape index (κ2) is 5.73. The Morgan fingerprint density at radius 1 is 0.529 bits per heavy atom. The largest absolute Gasteiger partial charge is 0.305 e. The van der Waals surface area contributed by atoms with Gasteiger partial charge in [-0.05, 0) is 37.5 Å². The second-order valence-corrected chi connectivity index (χ2v) is 7.31. The van der Waals surface area contributed by atoms with Gasteiger partial charge in [0, 0.05) is 11.1 Å². The summed E-state index contributed by atoms with van der Waals surface area (Å²) in [7, 11) is 0. The Morgan fingerprint density at radius 2 is 0.706 bits per heavy atom. The molecule has 17 heavy (non-hydrogen) atoms. The highest BCUT2D eigenvalue weighted by atomic mass is 15.1. The lowest BCUT2D eigenvalue weighted by molar-refractivity contribution is 0.0718. The highest BCUT2D eigenvalue weighted by molar-refractivity contribution is 5.00. The highest BCUT2D eigenvalue weighted by Crippen LogP contribution is 2.34. The van der Waals surface area contributed by atoms with Crippen molar-refractivity contribution in [3.8, 4) is 0 Å². The second-order valence-electron chi connectivity index (χ2n) is 7.31. The summed E-state index contributed by atoms with van der Waals surface area (Å²) < 4.78 is 0. The molecule has 0 saturated carbocycles. The Kier molecular flexibility index (Phi) is 5.72. The molecule has 0 aliphatic heterocycles. The molecule has 0 aromatic rings. The van der Waals surface area contributed by atoms with E-state index in [-0.39, 0.29) is 11.1 Å². The fourth-order valence-corrected chi connectivity index (χ4v) is 2.49. The topological polar surface area (TPSA) is 12.0 Å². The molecule has 0 fully saturated rings. The van der Waals surface area contributed by atoms with Crippen LogP contribution >= 0.6 is 0 Å². The zero-order valence-electron chi connectivity index (χ0n) is 13.8. The fourth-order valence-electron chi connectivity index (χ4n) is 2.49. The van der Waals surface area contributed by atoms with Gasteiger partial charge in [-0.3, -0.25) is 0 Å². The maximum atomic E-state index is 4.00. The van der Waals surface area contributed by atoms with E-state index >= 15 is 0 Å². The summed E-state index contributed by atoms with van der Waals surface area (Å²) in [5.74, 6) is 2.55. The van der Waals surface area contributed by atoms with Crippen molar-refractivity contribution in [1.29, 1.82) is 0 Å². The molecule has 0 unspecified atom stereocenters. The third kappa shape index (κ3) is 3.47. The Morgan fingerprint density at radius 3 is 0.824 bits per heavy atom. The quantitative estimate of drug-likeness (QED) is 0.709. The van der Waals surface area contributed by atoms with E-state index in [2.05, 4.69) is 74.6 Å². The van der Waals surface area contributed by atoms with Gasteiger partial charge in [0.05, 0.1) is 0 Å². The molecule has 0 spiro atoms. The lowest BCUT2D eigenvalue weighted by Gasteiger charge is -2.50. The Hall–Kier alpha value is -0.0400. The molecule has 104 valence electrons. The van der Waals surface area contributed by atoms with Crippen LogP contribution in [0.1, 0.15) is 69.2 Å². The minimum atomic E-state index is 0.198. The van der Waals surface area contributed by atoms with Crippen LogP contribution in [0.3, 0.4) is 0 Å². The van der Waals surface area contributed by atoms with Crippen LogP contribution in [0.4, 0.5) is 0 Å². The van der Waals surface area contributed by atoms with E-state index in [1.165, 1.54) is 0 Å². The van der Waals surface area contributed by atoms with E-state index in [1.54, 1.807) is 0 Å².